The van der Waals surface area contributed by atoms with E-state index in [2.05, 4.69) is 10.3 Å². The quantitative estimate of drug-likeness (QED) is 0.366. The minimum absolute atomic E-state index is 0.215. The van der Waals surface area contributed by atoms with Crippen molar-refractivity contribution in [1.29, 1.82) is 0 Å². The van der Waals surface area contributed by atoms with Crippen molar-refractivity contribution in [3.63, 3.8) is 0 Å². The molecule has 0 unspecified atom stereocenters. The van der Waals surface area contributed by atoms with Crippen LogP contribution in [0.25, 0.3) is 0 Å². The Kier molecular flexibility index (Phi) is 7.73. The molecule has 1 N–H and O–H groups in total. The van der Waals surface area contributed by atoms with E-state index >= 15 is 0 Å². The average Bonchev–Trinajstić information content (AvgIpc) is 3.12. The summed E-state index contributed by atoms with van der Waals surface area (Å²) in [6, 6.07) is 14.4. The van der Waals surface area contributed by atoms with Crippen LogP contribution in [0.1, 0.15) is 20.4 Å². The number of thiazole rings is 1. The third-order valence-electron chi connectivity index (χ3n) is 3.89. The number of amides is 1. The fourth-order valence-corrected chi connectivity index (χ4v) is 3.93. The number of halogens is 1. The maximum absolute atomic E-state index is 12.4. The summed E-state index contributed by atoms with van der Waals surface area (Å²) < 4.78 is 10.8. The normalized spacial score (nSPS) is 10.5. The topological polar surface area (TPSA) is 77.5 Å². The third kappa shape index (κ3) is 6.22. The van der Waals surface area contributed by atoms with Gasteiger partial charge in [-0.1, -0.05) is 17.7 Å². The fourth-order valence-electron chi connectivity index (χ4n) is 2.47. The summed E-state index contributed by atoms with van der Waals surface area (Å²) in [5.41, 5.74) is 1.19. The molecule has 0 saturated heterocycles. The lowest BCUT2D eigenvalue weighted by Crippen LogP contribution is -2.20. The van der Waals surface area contributed by atoms with E-state index in [1.807, 2.05) is 24.5 Å². The Morgan fingerprint density at radius 1 is 1.20 bits per heavy atom. The molecule has 0 aliphatic heterocycles. The lowest BCUT2D eigenvalue weighted by atomic mass is 10.3. The Hall–Kier alpha value is -2.55. The van der Waals surface area contributed by atoms with Crippen molar-refractivity contribution in [2.45, 2.75) is 18.4 Å². The second-order valence-electron chi connectivity index (χ2n) is 6.12. The summed E-state index contributed by atoms with van der Waals surface area (Å²) in [7, 11) is 0. The predicted molar refractivity (Wildman–Crippen MR) is 120 cm³/mol. The van der Waals surface area contributed by atoms with Crippen LogP contribution >= 0.6 is 34.7 Å². The van der Waals surface area contributed by atoms with Gasteiger partial charge in [-0.05, 0) is 55.6 Å². The number of rotatable bonds is 8. The summed E-state index contributed by atoms with van der Waals surface area (Å²) in [5.74, 6) is -0.343. The first-order valence-electron chi connectivity index (χ1n) is 8.90. The number of aryl methyl sites for hydroxylation is 1. The van der Waals surface area contributed by atoms with Gasteiger partial charge in [-0.2, -0.15) is 0 Å². The number of esters is 1. The zero-order chi connectivity index (χ0) is 21.5. The van der Waals surface area contributed by atoms with Crippen LogP contribution in [0.15, 0.2) is 53.4 Å². The Bertz CT molecular complexity index is 1040. The van der Waals surface area contributed by atoms with Gasteiger partial charge in [0.25, 0.3) is 5.91 Å². The Morgan fingerprint density at radius 3 is 2.70 bits per heavy atom. The molecule has 9 heteroatoms. The lowest BCUT2D eigenvalue weighted by molar-refractivity contribution is -0.119. The SMILES string of the molecule is CSc1cccc(NC(=O)COC(=O)c2sc(COc3ccc(Cl)cc3)nc2C)c1. The van der Waals surface area contributed by atoms with Gasteiger partial charge in [0, 0.05) is 15.6 Å². The molecule has 0 aliphatic carbocycles. The Morgan fingerprint density at radius 2 is 1.97 bits per heavy atom. The van der Waals surface area contributed by atoms with Gasteiger partial charge in [0.2, 0.25) is 0 Å². The number of nitrogens with one attached hydrogen (secondary N) is 1. The zero-order valence-electron chi connectivity index (χ0n) is 16.3. The van der Waals surface area contributed by atoms with E-state index in [4.69, 9.17) is 21.1 Å². The molecule has 6 nitrogen and oxygen atoms in total. The molecule has 0 spiro atoms. The highest BCUT2D eigenvalue weighted by molar-refractivity contribution is 7.98. The number of benzene rings is 2. The molecule has 30 heavy (non-hydrogen) atoms. The first-order valence-corrected chi connectivity index (χ1v) is 11.3. The van der Waals surface area contributed by atoms with Crippen LogP contribution in [0, 0.1) is 6.92 Å². The van der Waals surface area contributed by atoms with E-state index in [1.165, 1.54) is 11.3 Å². The maximum Gasteiger partial charge on any atom is 0.350 e. The van der Waals surface area contributed by atoms with Crippen LogP contribution in [0.5, 0.6) is 5.75 Å². The van der Waals surface area contributed by atoms with Crippen molar-refractivity contribution >= 4 is 52.3 Å². The molecule has 0 bridgehead atoms. The number of thioether (sulfide) groups is 1. The van der Waals surface area contributed by atoms with Crippen LogP contribution < -0.4 is 10.1 Å². The van der Waals surface area contributed by atoms with E-state index in [1.54, 1.807) is 49.0 Å². The van der Waals surface area contributed by atoms with E-state index < -0.39 is 11.9 Å². The van der Waals surface area contributed by atoms with Crippen LogP contribution in [-0.4, -0.2) is 29.7 Å². The Labute approximate surface area is 187 Å². The van der Waals surface area contributed by atoms with Crippen LogP contribution in [0.3, 0.4) is 0 Å². The molecule has 1 amide bonds. The molecule has 3 aromatic rings. The number of anilines is 1. The molecular weight excluding hydrogens is 444 g/mol. The number of aromatic nitrogens is 1. The molecule has 0 atom stereocenters. The molecule has 0 aliphatic rings. The summed E-state index contributed by atoms with van der Waals surface area (Å²) in [5, 5.41) is 3.97. The number of nitrogens with zero attached hydrogens (tertiary/aromatic N) is 1. The highest BCUT2D eigenvalue weighted by atomic mass is 35.5. The van der Waals surface area contributed by atoms with Gasteiger partial charge in [0.15, 0.2) is 6.61 Å². The Balaban J connectivity index is 1.52. The third-order valence-corrected chi connectivity index (χ3v) is 5.98. The van der Waals surface area contributed by atoms with Crippen molar-refractivity contribution in [2.75, 3.05) is 18.2 Å². The van der Waals surface area contributed by atoms with Crippen molar-refractivity contribution in [1.82, 2.24) is 4.98 Å². The van der Waals surface area contributed by atoms with Crippen molar-refractivity contribution in [2.24, 2.45) is 0 Å². The summed E-state index contributed by atoms with van der Waals surface area (Å²) in [6.07, 6.45) is 1.95. The molecule has 2 aromatic carbocycles. The number of hydrogen-bond donors (Lipinski definition) is 1. The second-order valence-corrected chi connectivity index (χ2v) is 8.52. The number of ether oxygens (including phenoxy) is 2. The number of carbonyl (C=O) groups is 2. The van der Waals surface area contributed by atoms with Gasteiger partial charge in [0.05, 0.1) is 5.69 Å². The van der Waals surface area contributed by atoms with Crippen LogP contribution in [-0.2, 0) is 16.1 Å². The summed E-state index contributed by atoms with van der Waals surface area (Å²) in [4.78, 5) is 30.2. The highest BCUT2D eigenvalue weighted by Crippen LogP contribution is 2.22. The largest absolute Gasteiger partial charge is 0.486 e. The standard InChI is InChI=1S/C21H19ClN2O4S2/c1-13-20(30-19(23-13)12-27-16-8-6-14(22)7-9-16)21(26)28-11-18(25)24-15-4-3-5-17(10-15)29-2/h3-10H,11-12H2,1-2H3,(H,24,25). The predicted octanol–water partition coefficient (Wildman–Crippen LogP) is 5.20. The minimum Gasteiger partial charge on any atom is -0.486 e. The van der Waals surface area contributed by atoms with E-state index in [0.29, 0.717) is 32.0 Å². The summed E-state index contributed by atoms with van der Waals surface area (Å²) >= 11 is 8.61. The highest BCUT2D eigenvalue weighted by Gasteiger charge is 2.18. The lowest BCUT2D eigenvalue weighted by Gasteiger charge is -2.07. The number of hydrogen-bond acceptors (Lipinski definition) is 7. The van der Waals surface area contributed by atoms with Crippen LogP contribution in [0.4, 0.5) is 5.69 Å². The molecule has 0 radical (unpaired) electrons. The van der Waals surface area contributed by atoms with Gasteiger partial charge in [0.1, 0.15) is 22.2 Å². The second kappa shape index (κ2) is 10.5. The van der Waals surface area contributed by atoms with Crippen molar-refractivity contribution < 1.29 is 19.1 Å². The average molecular weight is 463 g/mol. The van der Waals surface area contributed by atoms with Crippen molar-refractivity contribution in [3.8, 4) is 5.75 Å². The van der Waals surface area contributed by atoms with Gasteiger partial charge >= 0.3 is 5.97 Å². The number of carbonyl (C=O) groups excluding carboxylic acids is 2. The molecule has 1 aromatic heterocycles. The van der Waals surface area contributed by atoms with E-state index in [0.717, 1.165) is 4.90 Å². The first-order chi connectivity index (χ1) is 14.4. The van der Waals surface area contributed by atoms with Gasteiger partial charge in [-0.3, -0.25) is 4.79 Å². The summed E-state index contributed by atoms with van der Waals surface area (Å²) in [6.45, 7) is 1.55. The van der Waals surface area contributed by atoms with Gasteiger partial charge < -0.3 is 14.8 Å². The molecule has 0 fully saturated rings. The van der Waals surface area contributed by atoms with Crippen molar-refractivity contribution in [3.05, 3.63) is 69.1 Å². The molecular formula is C21H19ClN2O4S2. The fraction of sp³-hybridized carbons (Fsp3) is 0.190. The molecule has 3 rings (SSSR count). The monoisotopic (exact) mass is 462 g/mol. The maximum atomic E-state index is 12.4. The minimum atomic E-state index is -0.587. The zero-order valence-corrected chi connectivity index (χ0v) is 18.7. The van der Waals surface area contributed by atoms with Gasteiger partial charge in [-0.15, -0.1) is 23.1 Å². The van der Waals surface area contributed by atoms with Crippen LogP contribution in [0.2, 0.25) is 5.02 Å². The smallest absolute Gasteiger partial charge is 0.350 e. The first kappa shape index (κ1) is 22.1. The van der Waals surface area contributed by atoms with Gasteiger partial charge in [-0.25, -0.2) is 9.78 Å². The van der Waals surface area contributed by atoms with E-state index in [-0.39, 0.29) is 13.2 Å². The molecule has 1 heterocycles. The molecule has 0 saturated carbocycles. The molecule has 156 valence electrons. The van der Waals surface area contributed by atoms with E-state index in [9.17, 15) is 9.59 Å².